The van der Waals surface area contributed by atoms with Crippen molar-refractivity contribution in [1.29, 1.82) is 0 Å². The van der Waals surface area contributed by atoms with E-state index in [0.29, 0.717) is 19.6 Å². The number of urea groups is 1. The molecule has 0 atom stereocenters. The van der Waals surface area contributed by atoms with Crippen molar-refractivity contribution in [3.63, 3.8) is 0 Å². The quantitative estimate of drug-likeness (QED) is 0.762. The first-order valence-electron chi connectivity index (χ1n) is 7.36. The van der Waals surface area contributed by atoms with E-state index in [-0.39, 0.29) is 12.6 Å². The molecule has 1 heterocycles. The van der Waals surface area contributed by atoms with E-state index in [2.05, 4.69) is 29.4 Å². The molecular formula is C16H23N3O2. The first kappa shape index (κ1) is 15.4. The molecule has 0 fully saturated rings. The molecule has 1 aromatic heterocycles. The number of rotatable bonds is 6. The van der Waals surface area contributed by atoms with Crippen LogP contribution in [0.25, 0.3) is 10.9 Å². The van der Waals surface area contributed by atoms with Gasteiger partial charge in [-0.2, -0.15) is 0 Å². The molecule has 5 heteroatoms. The third-order valence-corrected chi connectivity index (χ3v) is 3.71. The van der Waals surface area contributed by atoms with Crippen molar-refractivity contribution in [2.75, 3.05) is 26.2 Å². The van der Waals surface area contributed by atoms with E-state index in [4.69, 9.17) is 5.11 Å². The fraction of sp³-hybridized carbons (Fsp3) is 0.438. The number of nitrogens with zero attached hydrogens (tertiary/aromatic N) is 1. The van der Waals surface area contributed by atoms with Gasteiger partial charge in [-0.05, 0) is 37.5 Å². The minimum atomic E-state index is -0.122. The average Bonchev–Trinajstić information content (AvgIpc) is 2.89. The van der Waals surface area contributed by atoms with Gasteiger partial charge in [0.1, 0.15) is 0 Å². The summed E-state index contributed by atoms with van der Waals surface area (Å²) < 4.78 is 0. The number of aromatic nitrogens is 1. The second-order valence-corrected chi connectivity index (χ2v) is 5.10. The van der Waals surface area contributed by atoms with E-state index in [9.17, 15) is 4.79 Å². The standard InChI is InChI=1S/C16H23N3O2/c1-3-19(9-10-20)16(21)17-8-7-13-11-18-14-6-4-5-12(2)15(13)14/h4-6,11,18,20H,3,7-10H2,1-2H3,(H,17,21). The number of aliphatic hydroxyl groups excluding tert-OH is 1. The molecule has 1 aromatic carbocycles. The monoisotopic (exact) mass is 289 g/mol. The van der Waals surface area contributed by atoms with Gasteiger partial charge in [-0.3, -0.25) is 0 Å². The molecule has 0 saturated carbocycles. The van der Waals surface area contributed by atoms with Crippen LogP contribution >= 0.6 is 0 Å². The summed E-state index contributed by atoms with van der Waals surface area (Å²) in [7, 11) is 0. The zero-order valence-corrected chi connectivity index (χ0v) is 12.6. The van der Waals surface area contributed by atoms with Crippen molar-refractivity contribution in [2.24, 2.45) is 0 Å². The number of benzene rings is 1. The fourth-order valence-corrected chi connectivity index (χ4v) is 2.59. The van der Waals surface area contributed by atoms with Crippen molar-refractivity contribution < 1.29 is 9.90 Å². The van der Waals surface area contributed by atoms with Crippen LogP contribution in [0, 0.1) is 6.92 Å². The summed E-state index contributed by atoms with van der Waals surface area (Å²) in [6.45, 7) is 5.54. The van der Waals surface area contributed by atoms with Gasteiger partial charge in [-0.1, -0.05) is 12.1 Å². The van der Waals surface area contributed by atoms with Crippen LogP contribution in [0.4, 0.5) is 4.79 Å². The van der Waals surface area contributed by atoms with Crippen molar-refractivity contribution in [3.05, 3.63) is 35.5 Å². The Hall–Kier alpha value is -2.01. The first-order valence-corrected chi connectivity index (χ1v) is 7.36. The van der Waals surface area contributed by atoms with Crippen molar-refractivity contribution in [2.45, 2.75) is 20.3 Å². The topological polar surface area (TPSA) is 68.4 Å². The Morgan fingerprint density at radius 2 is 2.24 bits per heavy atom. The van der Waals surface area contributed by atoms with Crippen LogP contribution in [0.15, 0.2) is 24.4 Å². The molecule has 0 spiro atoms. The van der Waals surface area contributed by atoms with Gasteiger partial charge in [-0.15, -0.1) is 0 Å². The molecule has 0 bridgehead atoms. The van der Waals surface area contributed by atoms with Gasteiger partial charge < -0.3 is 20.3 Å². The Morgan fingerprint density at radius 1 is 1.43 bits per heavy atom. The number of carbonyl (C=O) groups excluding carboxylic acids is 1. The SMILES string of the molecule is CCN(CCO)C(=O)NCCc1c[nH]c2cccc(C)c12. The molecule has 0 aliphatic rings. The molecule has 0 aliphatic heterocycles. The number of nitrogens with one attached hydrogen (secondary N) is 2. The lowest BCUT2D eigenvalue weighted by Crippen LogP contribution is -2.42. The van der Waals surface area contributed by atoms with Gasteiger partial charge >= 0.3 is 6.03 Å². The third kappa shape index (κ3) is 3.55. The molecule has 0 aliphatic carbocycles. The van der Waals surface area contributed by atoms with Gasteiger partial charge in [0.2, 0.25) is 0 Å². The first-order chi connectivity index (χ1) is 10.2. The molecule has 3 N–H and O–H groups in total. The molecule has 0 unspecified atom stereocenters. The molecule has 21 heavy (non-hydrogen) atoms. The van der Waals surface area contributed by atoms with Crippen LogP contribution in [0.2, 0.25) is 0 Å². The highest BCUT2D eigenvalue weighted by atomic mass is 16.3. The van der Waals surface area contributed by atoms with Gasteiger partial charge in [-0.25, -0.2) is 4.79 Å². The number of aromatic amines is 1. The highest BCUT2D eigenvalue weighted by molar-refractivity contribution is 5.86. The van der Waals surface area contributed by atoms with E-state index in [0.717, 1.165) is 11.9 Å². The summed E-state index contributed by atoms with van der Waals surface area (Å²) >= 11 is 0. The summed E-state index contributed by atoms with van der Waals surface area (Å²) in [5.41, 5.74) is 3.59. The Kier molecular flexibility index (Phi) is 5.22. The Labute approximate surface area is 125 Å². The predicted molar refractivity (Wildman–Crippen MR) is 84.5 cm³/mol. The number of carbonyl (C=O) groups is 1. The highest BCUT2D eigenvalue weighted by Gasteiger charge is 2.11. The number of hydrogen-bond donors (Lipinski definition) is 3. The third-order valence-electron chi connectivity index (χ3n) is 3.71. The number of fused-ring (bicyclic) bond motifs is 1. The molecule has 5 nitrogen and oxygen atoms in total. The number of hydrogen-bond acceptors (Lipinski definition) is 2. The van der Waals surface area contributed by atoms with Crippen LogP contribution in [-0.2, 0) is 6.42 Å². The molecule has 2 rings (SSSR count). The predicted octanol–water partition coefficient (Wildman–Crippen LogP) is 2.04. The van der Waals surface area contributed by atoms with Gasteiger partial charge in [0.05, 0.1) is 6.61 Å². The minimum absolute atomic E-state index is 0.0110. The van der Waals surface area contributed by atoms with Gasteiger partial charge in [0.15, 0.2) is 0 Å². The lowest BCUT2D eigenvalue weighted by molar-refractivity contribution is 0.180. The van der Waals surface area contributed by atoms with E-state index in [1.54, 1.807) is 4.90 Å². The maximum Gasteiger partial charge on any atom is 0.317 e. The van der Waals surface area contributed by atoms with Gasteiger partial charge in [0, 0.05) is 36.7 Å². The summed E-state index contributed by atoms with van der Waals surface area (Å²) in [5.74, 6) is 0. The highest BCUT2D eigenvalue weighted by Crippen LogP contribution is 2.22. The lowest BCUT2D eigenvalue weighted by Gasteiger charge is -2.20. The zero-order chi connectivity index (χ0) is 15.2. The lowest BCUT2D eigenvalue weighted by atomic mass is 10.1. The smallest absolute Gasteiger partial charge is 0.317 e. The molecular weight excluding hydrogens is 266 g/mol. The molecule has 2 amide bonds. The van der Waals surface area contributed by atoms with Crippen LogP contribution in [0.1, 0.15) is 18.1 Å². The summed E-state index contributed by atoms with van der Waals surface area (Å²) in [4.78, 5) is 16.8. The van der Waals surface area contributed by atoms with E-state index in [1.807, 2.05) is 19.2 Å². The van der Waals surface area contributed by atoms with Crippen LogP contribution in [-0.4, -0.2) is 47.3 Å². The molecule has 2 aromatic rings. The van der Waals surface area contributed by atoms with Crippen LogP contribution in [0.3, 0.4) is 0 Å². The van der Waals surface area contributed by atoms with Crippen molar-refractivity contribution >= 4 is 16.9 Å². The van der Waals surface area contributed by atoms with Crippen LogP contribution < -0.4 is 5.32 Å². The van der Waals surface area contributed by atoms with E-state index in [1.165, 1.54) is 16.5 Å². The Balaban J connectivity index is 1.95. The maximum atomic E-state index is 11.9. The largest absolute Gasteiger partial charge is 0.395 e. The van der Waals surface area contributed by atoms with E-state index >= 15 is 0 Å². The zero-order valence-electron chi connectivity index (χ0n) is 12.6. The second-order valence-electron chi connectivity index (χ2n) is 5.10. The number of aliphatic hydroxyl groups is 1. The summed E-state index contributed by atoms with van der Waals surface area (Å²) in [6.07, 6.45) is 2.79. The fourth-order valence-electron chi connectivity index (χ4n) is 2.59. The Morgan fingerprint density at radius 3 is 2.95 bits per heavy atom. The normalized spacial score (nSPS) is 10.8. The Bertz CT molecular complexity index is 607. The molecule has 114 valence electrons. The van der Waals surface area contributed by atoms with Crippen molar-refractivity contribution in [3.8, 4) is 0 Å². The summed E-state index contributed by atoms with van der Waals surface area (Å²) in [5, 5.41) is 13.1. The van der Waals surface area contributed by atoms with Gasteiger partial charge in [0.25, 0.3) is 0 Å². The number of amides is 2. The number of H-pyrrole nitrogens is 1. The molecule has 0 radical (unpaired) electrons. The number of aryl methyl sites for hydroxylation is 1. The van der Waals surface area contributed by atoms with E-state index < -0.39 is 0 Å². The number of likely N-dealkylation sites (N-methyl/N-ethyl adjacent to an activating group) is 1. The average molecular weight is 289 g/mol. The maximum absolute atomic E-state index is 11.9. The molecule has 0 saturated heterocycles. The van der Waals surface area contributed by atoms with Crippen molar-refractivity contribution in [1.82, 2.24) is 15.2 Å². The summed E-state index contributed by atoms with van der Waals surface area (Å²) in [6, 6.07) is 6.07. The van der Waals surface area contributed by atoms with Crippen LogP contribution in [0.5, 0.6) is 0 Å². The second kappa shape index (κ2) is 7.13. The minimum Gasteiger partial charge on any atom is -0.395 e.